The number of aliphatic hydroxyl groups excluding tert-OH is 1. The number of anilines is 1. The van der Waals surface area contributed by atoms with Crippen molar-refractivity contribution in [3.63, 3.8) is 0 Å². The minimum Gasteiger partial charge on any atom is -0.393 e. The van der Waals surface area contributed by atoms with Gasteiger partial charge < -0.3 is 10.0 Å². The van der Waals surface area contributed by atoms with Gasteiger partial charge >= 0.3 is 0 Å². The summed E-state index contributed by atoms with van der Waals surface area (Å²) in [7, 11) is 0. The van der Waals surface area contributed by atoms with Crippen molar-refractivity contribution in [3.8, 4) is 0 Å². The van der Waals surface area contributed by atoms with Gasteiger partial charge in [0.05, 0.1) is 11.1 Å². The zero-order valence-corrected chi connectivity index (χ0v) is 16.0. The second-order valence-electron chi connectivity index (χ2n) is 8.50. The summed E-state index contributed by atoms with van der Waals surface area (Å²) in [6.45, 7) is 6.78. The SMILES string of the molecule is Cc1cc(Cl)cnc1N1CCC[C@]2(CCN([C@H]3CC[C@H](O)CC3)C2)C1. The molecule has 1 aromatic rings. The van der Waals surface area contributed by atoms with E-state index in [1.807, 2.05) is 6.07 Å². The number of hydrogen-bond donors (Lipinski definition) is 1. The van der Waals surface area contributed by atoms with Crippen molar-refractivity contribution in [3.05, 3.63) is 22.8 Å². The normalized spacial score (nSPS) is 34.0. The average Bonchev–Trinajstić information content (AvgIpc) is 2.99. The van der Waals surface area contributed by atoms with E-state index in [2.05, 4.69) is 21.7 Å². The van der Waals surface area contributed by atoms with Crippen molar-refractivity contribution in [2.45, 2.75) is 64.0 Å². The summed E-state index contributed by atoms with van der Waals surface area (Å²) in [5, 5.41) is 10.5. The number of aliphatic hydroxyl groups is 1. The van der Waals surface area contributed by atoms with Crippen LogP contribution in [0.4, 0.5) is 5.82 Å². The quantitative estimate of drug-likeness (QED) is 0.870. The van der Waals surface area contributed by atoms with Crippen molar-refractivity contribution >= 4 is 17.4 Å². The van der Waals surface area contributed by atoms with Crippen molar-refractivity contribution in [1.82, 2.24) is 9.88 Å². The van der Waals surface area contributed by atoms with Crippen LogP contribution in [0.2, 0.25) is 5.02 Å². The average molecular weight is 364 g/mol. The van der Waals surface area contributed by atoms with E-state index >= 15 is 0 Å². The predicted octanol–water partition coefficient (Wildman–Crippen LogP) is 3.64. The minimum atomic E-state index is -0.0584. The van der Waals surface area contributed by atoms with E-state index in [-0.39, 0.29) is 6.10 Å². The van der Waals surface area contributed by atoms with Crippen molar-refractivity contribution in [2.75, 3.05) is 31.1 Å². The van der Waals surface area contributed by atoms with Crippen LogP contribution in [0.1, 0.15) is 50.5 Å². The Morgan fingerprint density at radius 3 is 2.72 bits per heavy atom. The molecule has 5 heteroatoms. The van der Waals surface area contributed by atoms with Gasteiger partial charge in [-0.15, -0.1) is 0 Å². The van der Waals surface area contributed by atoms with E-state index in [0.29, 0.717) is 11.5 Å². The Balaban J connectivity index is 1.44. The number of likely N-dealkylation sites (tertiary alicyclic amines) is 1. The van der Waals surface area contributed by atoms with Gasteiger partial charge in [0.1, 0.15) is 5.82 Å². The topological polar surface area (TPSA) is 39.6 Å². The number of pyridine rings is 1. The molecule has 0 aromatic carbocycles. The Bertz CT molecular complexity index is 617. The van der Waals surface area contributed by atoms with Gasteiger partial charge in [-0.2, -0.15) is 0 Å². The van der Waals surface area contributed by atoms with Gasteiger partial charge in [0.15, 0.2) is 0 Å². The molecule has 1 saturated carbocycles. The fourth-order valence-corrected chi connectivity index (χ4v) is 5.50. The first kappa shape index (κ1) is 17.6. The molecule has 138 valence electrons. The minimum absolute atomic E-state index is 0.0584. The number of aryl methyl sites for hydroxylation is 1. The van der Waals surface area contributed by atoms with Crippen LogP contribution in [0.25, 0.3) is 0 Å². The van der Waals surface area contributed by atoms with E-state index < -0.39 is 0 Å². The molecule has 3 heterocycles. The van der Waals surface area contributed by atoms with E-state index in [4.69, 9.17) is 11.6 Å². The molecule has 0 bridgehead atoms. The molecule has 2 saturated heterocycles. The van der Waals surface area contributed by atoms with Crippen molar-refractivity contribution in [2.24, 2.45) is 5.41 Å². The first-order chi connectivity index (χ1) is 12.0. The van der Waals surface area contributed by atoms with Gasteiger partial charge in [0.2, 0.25) is 0 Å². The molecule has 3 fully saturated rings. The molecule has 3 aliphatic rings. The first-order valence-corrected chi connectivity index (χ1v) is 10.2. The monoisotopic (exact) mass is 363 g/mol. The van der Waals surface area contributed by atoms with Gasteiger partial charge in [0, 0.05) is 37.3 Å². The number of hydrogen-bond acceptors (Lipinski definition) is 4. The highest BCUT2D eigenvalue weighted by Gasteiger charge is 2.43. The summed E-state index contributed by atoms with van der Waals surface area (Å²) >= 11 is 6.09. The Hall–Kier alpha value is -0.840. The Morgan fingerprint density at radius 1 is 1.16 bits per heavy atom. The van der Waals surface area contributed by atoms with Crippen LogP contribution < -0.4 is 4.90 Å². The van der Waals surface area contributed by atoms with Crippen LogP contribution in [-0.4, -0.2) is 53.3 Å². The van der Waals surface area contributed by atoms with Gasteiger partial charge in [-0.05, 0) is 70.0 Å². The van der Waals surface area contributed by atoms with Crippen LogP contribution in [-0.2, 0) is 0 Å². The number of rotatable bonds is 2. The zero-order chi connectivity index (χ0) is 17.4. The standard InChI is InChI=1S/C20H30ClN3O/c1-15-11-16(21)12-22-19(15)24-9-2-7-20(14-24)8-10-23(13-20)17-3-5-18(25)6-4-17/h11-12,17-18,25H,2-10,13-14H2,1H3/t17-,18-,20-/m1/s1. The molecule has 0 radical (unpaired) electrons. The molecular weight excluding hydrogens is 334 g/mol. The van der Waals surface area contributed by atoms with Gasteiger partial charge in [-0.3, -0.25) is 4.90 Å². The van der Waals surface area contributed by atoms with E-state index in [9.17, 15) is 5.11 Å². The van der Waals surface area contributed by atoms with Gasteiger partial charge in [-0.25, -0.2) is 4.98 Å². The van der Waals surface area contributed by atoms with Gasteiger partial charge in [-0.1, -0.05) is 11.6 Å². The second kappa shape index (κ2) is 7.05. The molecule has 0 amide bonds. The lowest BCUT2D eigenvalue weighted by Gasteiger charge is -2.42. The molecule has 1 aromatic heterocycles. The summed E-state index contributed by atoms with van der Waals surface area (Å²) in [4.78, 5) is 9.83. The fraction of sp³-hybridized carbons (Fsp3) is 0.750. The molecule has 2 aliphatic heterocycles. The first-order valence-electron chi connectivity index (χ1n) is 9.84. The predicted molar refractivity (Wildman–Crippen MR) is 102 cm³/mol. The van der Waals surface area contributed by atoms with Crippen molar-refractivity contribution < 1.29 is 5.11 Å². The second-order valence-corrected chi connectivity index (χ2v) is 8.94. The Kier molecular flexibility index (Phi) is 4.96. The molecule has 1 aliphatic carbocycles. The van der Waals surface area contributed by atoms with Gasteiger partial charge in [0.25, 0.3) is 0 Å². The fourth-order valence-electron chi connectivity index (χ4n) is 5.29. The zero-order valence-electron chi connectivity index (χ0n) is 15.3. The highest BCUT2D eigenvalue weighted by Crippen LogP contribution is 2.42. The summed E-state index contributed by atoms with van der Waals surface area (Å²) in [5.41, 5.74) is 1.60. The third-order valence-corrected chi connectivity index (χ3v) is 6.84. The van der Waals surface area contributed by atoms with Crippen molar-refractivity contribution in [1.29, 1.82) is 0 Å². The van der Waals surface area contributed by atoms with E-state index in [1.54, 1.807) is 6.20 Å². The Morgan fingerprint density at radius 2 is 1.96 bits per heavy atom. The highest BCUT2D eigenvalue weighted by atomic mass is 35.5. The molecule has 1 atom stereocenters. The molecule has 4 rings (SSSR count). The summed E-state index contributed by atoms with van der Waals surface area (Å²) in [6, 6.07) is 2.72. The molecule has 1 spiro atoms. The van der Waals surface area contributed by atoms with E-state index in [0.717, 1.165) is 36.8 Å². The Labute approximate surface area is 156 Å². The largest absolute Gasteiger partial charge is 0.393 e. The van der Waals surface area contributed by atoms with Crippen LogP contribution in [0.3, 0.4) is 0 Å². The molecule has 1 N–H and O–H groups in total. The van der Waals surface area contributed by atoms with E-state index in [1.165, 1.54) is 50.8 Å². The lowest BCUT2D eigenvalue weighted by Crippen LogP contribution is -2.47. The summed E-state index contributed by atoms with van der Waals surface area (Å²) in [5.74, 6) is 1.11. The number of piperidine rings is 1. The summed E-state index contributed by atoms with van der Waals surface area (Å²) < 4.78 is 0. The van der Waals surface area contributed by atoms with Crippen LogP contribution in [0.15, 0.2) is 12.3 Å². The van der Waals surface area contributed by atoms with Crippen LogP contribution >= 0.6 is 11.6 Å². The molecule has 4 nitrogen and oxygen atoms in total. The third kappa shape index (κ3) is 3.67. The molecule has 0 unspecified atom stereocenters. The number of nitrogens with zero attached hydrogens (tertiary/aromatic N) is 3. The smallest absolute Gasteiger partial charge is 0.131 e. The van der Waals surface area contributed by atoms with Crippen LogP contribution in [0.5, 0.6) is 0 Å². The maximum absolute atomic E-state index is 9.78. The maximum atomic E-state index is 9.78. The van der Waals surface area contributed by atoms with Crippen LogP contribution in [0, 0.1) is 12.3 Å². The molecular formula is C20H30ClN3O. The number of halogens is 1. The maximum Gasteiger partial charge on any atom is 0.131 e. The molecule has 25 heavy (non-hydrogen) atoms. The highest BCUT2D eigenvalue weighted by molar-refractivity contribution is 6.30. The lowest BCUT2D eigenvalue weighted by molar-refractivity contribution is 0.0770. The summed E-state index contributed by atoms with van der Waals surface area (Å²) in [6.07, 6.45) is 9.90. The lowest BCUT2D eigenvalue weighted by atomic mass is 9.79. The number of aromatic nitrogens is 1. The third-order valence-electron chi connectivity index (χ3n) is 6.63.